The smallest absolute Gasteiger partial charge is 0.115 e. The molecule has 1 atom stereocenters. The quantitative estimate of drug-likeness (QED) is 0.718. The molecule has 0 amide bonds. The zero-order valence-electron chi connectivity index (χ0n) is 8.86. The first kappa shape index (κ1) is 10.5. The van der Waals surface area contributed by atoms with E-state index in [0.29, 0.717) is 13.0 Å². The zero-order chi connectivity index (χ0) is 11.2. The predicted octanol–water partition coefficient (Wildman–Crippen LogP) is 2.26. The first-order valence-electron chi connectivity index (χ1n) is 5.22. The van der Waals surface area contributed by atoms with Crippen molar-refractivity contribution in [3.8, 4) is 0 Å². The fourth-order valence-corrected chi connectivity index (χ4v) is 1.65. The molecule has 0 radical (unpaired) electrons. The van der Waals surface area contributed by atoms with Crippen molar-refractivity contribution in [1.82, 2.24) is 9.78 Å². The molecule has 0 N–H and O–H groups in total. The Kier molecular flexibility index (Phi) is 3.43. The lowest BCUT2D eigenvalue weighted by atomic mass is 10.1. The highest BCUT2D eigenvalue weighted by atomic mass is 16.3. The van der Waals surface area contributed by atoms with E-state index >= 15 is 0 Å². The summed E-state index contributed by atoms with van der Waals surface area (Å²) >= 11 is 0. The van der Waals surface area contributed by atoms with E-state index in [2.05, 4.69) is 10.3 Å². The van der Waals surface area contributed by atoms with E-state index in [1.54, 1.807) is 10.9 Å². The molecule has 0 aliphatic heterocycles. The average molecular weight is 215 g/mol. The Labute approximate surface area is 93.9 Å². The SMILES string of the molecule is O=NC(Cc1ccccc1)Cn1cccn1. The van der Waals surface area contributed by atoms with Crippen molar-refractivity contribution < 1.29 is 0 Å². The lowest BCUT2D eigenvalue weighted by Crippen LogP contribution is -2.16. The van der Waals surface area contributed by atoms with Crippen molar-refractivity contribution in [2.24, 2.45) is 5.18 Å². The molecule has 1 heterocycles. The topological polar surface area (TPSA) is 47.2 Å². The molecule has 0 bridgehead atoms. The van der Waals surface area contributed by atoms with Crippen molar-refractivity contribution >= 4 is 0 Å². The highest BCUT2D eigenvalue weighted by molar-refractivity contribution is 5.15. The first-order chi connectivity index (χ1) is 7.88. The van der Waals surface area contributed by atoms with Gasteiger partial charge in [-0.25, -0.2) is 0 Å². The minimum Gasteiger partial charge on any atom is -0.270 e. The Morgan fingerprint density at radius 3 is 2.69 bits per heavy atom. The lowest BCUT2D eigenvalue weighted by Gasteiger charge is -2.08. The molecular formula is C12H13N3O. The molecule has 0 aliphatic rings. The number of rotatable bonds is 5. The summed E-state index contributed by atoms with van der Waals surface area (Å²) in [6.45, 7) is 0.533. The zero-order valence-corrected chi connectivity index (χ0v) is 8.86. The van der Waals surface area contributed by atoms with Crippen LogP contribution in [0.4, 0.5) is 0 Å². The van der Waals surface area contributed by atoms with Gasteiger partial charge in [-0.15, -0.1) is 0 Å². The van der Waals surface area contributed by atoms with E-state index in [1.807, 2.05) is 42.6 Å². The van der Waals surface area contributed by atoms with Gasteiger partial charge in [0.05, 0.1) is 6.54 Å². The van der Waals surface area contributed by atoms with Crippen LogP contribution in [0, 0.1) is 4.91 Å². The highest BCUT2D eigenvalue weighted by Gasteiger charge is 2.10. The van der Waals surface area contributed by atoms with Crippen molar-refractivity contribution in [1.29, 1.82) is 0 Å². The Morgan fingerprint density at radius 2 is 2.06 bits per heavy atom. The second-order valence-corrected chi connectivity index (χ2v) is 3.68. The number of nitrogens with zero attached hydrogens (tertiary/aromatic N) is 3. The third kappa shape index (κ3) is 2.76. The molecule has 4 heteroatoms. The number of aromatic nitrogens is 2. The van der Waals surface area contributed by atoms with Gasteiger partial charge in [0.1, 0.15) is 6.04 Å². The molecule has 0 fully saturated rings. The molecule has 2 aromatic rings. The summed E-state index contributed by atoms with van der Waals surface area (Å²) in [5.74, 6) is 0. The van der Waals surface area contributed by atoms with Gasteiger partial charge < -0.3 is 0 Å². The van der Waals surface area contributed by atoms with Crippen LogP contribution in [0.15, 0.2) is 54.0 Å². The fourth-order valence-electron chi connectivity index (χ4n) is 1.65. The van der Waals surface area contributed by atoms with Crippen LogP contribution >= 0.6 is 0 Å². The Bertz CT molecular complexity index is 425. The molecule has 0 saturated carbocycles. The summed E-state index contributed by atoms with van der Waals surface area (Å²) in [6, 6.07) is 11.5. The molecule has 0 spiro atoms. The van der Waals surface area contributed by atoms with Crippen LogP contribution in [0.5, 0.6) is 0 Å². The second-order valence-electron chi connectivity index (χ2n) is 3.68. The molecule has 2 rings (SSSR count). The average Bonchev–Trinajstić information content (AvgIpc) is 2.82. The third-order valence-electron chi connectivity index (χ3n) is 2.42. The summed E-state index contributed by atoms with van der Waals surface area (Å²) in [5, 5.41) is 7.21. The number of hydrogen-bond acceptors (Lipinski definition) is 3. The third-order valence-corrected chi connectivity index (χ3v) is 2.42. The van der Waals surface area contributed by atoms with Gasteiger partial charge in [-0.2, -0.15) is 10.0 Å². The first-order valence-corrected chi connectivity index (χ1v) is 5.22. The maximum absolute atomic E-state index is 10.7. The summed E-state index contributed by atoms with van der Waals surface area (Å²) in [5.41, 5.74) is 1.12. The van der Waals surface area contributed by atoms with Crippen molar-refractivity contribution in [3.63, 3.8) is 0 Å². The van der Waals surface area contributed by atoms with Crippen LogP contribution < -0.4 is 0 Å². The van der Waals surface area contributed by atoms with Crippen molar-refractivity contribution in [2.45, 2.75) is 19.0 Å². The van der Waals surface area contributed by atoms with Gasteiger partial charge in [0.25, 0.3) is 0 Å². The van der Waals surface area contributed by atoms with E-state index < -0.39 is 0 Å². The van der Waals surface area contributed by atoms with Crippen LogP contribution in [-0.2, 0) is 13.0 Å². The molecule has 0 aliphatic carbocycles. The molecule has 1 aromatic carbocycles. The van der Waals surface area contributed by atoms with Gasteiger partial charge in [-0.1, -0.05) is 35.5 Å². The minimum absolute atomic E-state index is 0.262. The number of hydrogen-bond donors (Lipinski definition) is 0. The van der Waals surface area contributed by atoms with Gasteiger partial charge in [0.2, 0.25) is 0 Å². The van der Waals surface area contributed by atoms with Gasteiger partial charge in [0.15, 0.2) is 0 Å². The van der Waals surface area contributed by atoms with Crippen molar-refractivity contribution in [2.75, 3.05) is 0 Å². The summed E-state index contributed by atoms with van der Waals surface area (Å²) in [6.07, 6.45) is 4.19. The molecule has 16 heavy (non-hydrogen) atoms. The van der Waals surface area contributed by atoms with Crippen LogP contribution in [0.1, 0.15) is 5.56 Å². The highest BCUT2D eigenvalue weighted by Crippen LogP contribution is 2.07. The van der Waals surface area contributed by atoms with E-state index in [-0.39, 0.29) is 6.04 Å². The standard InChI is InChI=1S/C12H13N3O/c16-14-12(10-15-8-4-7-13-15)9-11-5-2-1-3-6-11/h1-8,12H,9-10H2. The Morgan fingerprint density at radius 1 is 1.25 bits per heavy atom. The van der Waals surface area contributed by atoms with Crippen LogP contribution in [0.3, 0.4) is 0 Å². The van der Waals surface area contributed by atoms with Crippen molar-refractivity contribution in [3.05, 3.63) is 59.3 Å². The molecule has 0 saturated heterocycles. The second kappa shape index (κ2) is 5.21. The van der Waals surface area contributed by atoms with Crippen LogP contribution in [0.25, 0.3) is 0 Å². The monoisotopic (exact) mass is 215 g/mol. The van der Waals surface area contributed by atoms with E-state index in [0.717, 1.165) is 5.56 Å². The molecule has 1 aromatic heterocycles. The normalized spacial score (nSPS) is 12.2. The number of benzene rings is 1. The van der Waals surface area contributed by atoms with E-state index in [1.165, 1.54) is 0 Å². The Hall–Kier alpha value is -1.97. The van der Waals surface area contributed by atoms with Gasteiger partial charge >= 0.3 is 0 Å². The Balaban J connectivity index is 1.99. The van der Waals surface area contributed by atoms with Crippen LogP contribution in [-0.4, -0.2) is 15.8 Å². The summed E-state index contributed by atoms with van der Waals surface area (Å²) in [7, 11) is 0. The molecule has 4 nitrogen and oxygen atoms in total. The maximum Gasteiger partial charge on any atom is 0.115 e. The molecule has 82 valence electrons. The van der Waals surface area contributed by atoms with E-state index in [4.69, 9.17) is 0 Å². The molecule has 1 unspecified atom stereocenters. The van der Waals surface area contributed by atoms with E-state index in [9.17, 15) is 4.91 Å². The largest absolute Gasteiger partial charge is 0.270 e. The predicted molar refractivity (Wildman–Crippen MR) is 62.0 cm³/mol. The van der Waals surface area contributed by atoms with Crippen LogP contribution in [0.2, 0.25) is 0 Å². The minimum atomic E-state index is -0.262. The summed E-state index contributed by atoms with van der Waals surface area (Å²) < 4.78 is 1.73. The van der Waals surface area contributed by atoms with Gasteiger partial charge in [-0.3, -0.25) is 4.68 Å². The maximum atomic E-state index is 10.7. The van der Waals surface area contributed by atoms with Gasteiger partial charge in [-0.05, 0) is 11.6 Å². The van der Waals surface area contributed by atoms with Gasteiger partial charge in [0, 0.05) is 18.8 Å². The lowest BCUT2D eigenvalue weighted by molar-refractivity contribution is 0.508. The molecular weight excluding hydrogens is 202 g/mol. The number of nitroso groups, excluding NO2 is 1. The summed E-state index contributed by atoms with van der Waals surface area (Å²) in [4.78, 5) is 10.7. The fraction of sp³-hybridized carbons (Fsp3) is 0.250.